The van der Waals surface area contributed by atoms with Gasteiger partial charge >= 0.3 is 0 Å². The molecule has 2 aromatic rings. The Balaban J connectivity index is 1.96. The third-order valence-electron chi connectivity index (χ3n) is 3.96. The highest BCUT2D eigenvalue weighted by Crippen LogP contribution is 2.28. The van der Waals surface area contributed by atoms with E-state index >= 15 is 0 Å². The van der Waals surface area contributed by atoms with Crippen LogP contribution < -0.4 is 9.88 Å². The number of primary sulfonamides is 1. The van der Waals surface area contributed by atoms with Crippen molar-refractivity contribution in [2.75, 3.05) is 7.11 Å². The van der Waals surface area contributed by atoms with E-state index in [4.69, 9.17) is 9.88 Å². The van der Waals surface area contributed by atoms with E-state index in [1.54, 1.807) is 11.1 Å². The monoisotopic (exact) mass is 347 g/mol. The van der Waals surface area contributed by atoms with Crippen LogP contribution in [0.5, 0.6) is 5.75 Å². The van der Waals surface area contributed by atoms with Crippen LogP contribution in [0.25, 0.3) is 0 Å². The average molecular weight is 347 g/mol. The maximum Gasteiger partial charge on any atom is 0.258 e. The highest BCUT2D eigenvalue weighted by Gasteiger charge is 2.27. The van der Waals surface area contributed by atoms with Gasteiger partial charge in [-0.05, 0) is 42.3 Å². The highest BCUT2D eigenvalue weighted by molar-refractivity contribution is 7.89. The molecule has 0 unspecified atom stereocenters. The number of nitrogens with two attached hydrogens (primary N) is 1. The van der Waals surface area contributed by atoms with Gasteiger partial charge in [0.05, 0.1) is 17.6 Å². The fraction of sp³-hybridized carbons (Fsp3) is 0.250. The average Bonchev–Trinajstić information content (AvgIpc) is 2.95. The van der Waals surface area contributed by atoms with E-state index in [0.29, 0.717) is 18.8 Å². The Hall–Kier alpha value is -2.45. The lowest BCUT2D eigenvalue weighted by Crippen LogP contribution is -2.26. The number of ether oxygens (including phenoxy) is 1. The molecule has 1 aliphatic heterocycles. The Morgan fingerprint density at radius 1 is 1.25 bits per heavy atom. The predicted molar refractivity (Wildman–Crippen MR) is 86.9 cm³/mol. The van der Waals surface area contributed by atoms with Gasteiger partial charge in [0.2, 0.25) is 10.0 Å². The minimum Gasteiger partial charge on any atom is -0.496 e. The van der Waals surface area contributed by atoms with Gasteiger partial charge in [-0.3, -0.25) is 9.78 Å². The molecule has 3 rings (SSSR count). The summed E-state index contributed by atoms with van der Waals surface area (Å²) in [4.78, 5) is 18.6. The van der Waals surface area contributed by atoms with E-state index in [1.165, 1.54) is 25.3 Å². The summed E-state index contributed by atoms with van der Waals surface area (Å²) in [5.74, 6) is -0.0103. The summed E-state index contributed by atoms with van der Waals surface area (Å²) in [5.41, 5.74) is 3.08. The number of rotatable bonds is 3. The number of pyridine rings is 1. The van der Waals surface area contributed by atoms with Crippen LogP contribution in [0.3, 0.4) is 0 Å². The number of hydrogen-bond donors (Lipinski definition) is 1. The highest BCUT2D eigenvalue weighted by atomic mass is 32.2. The zero-order chi connectivity index (χ0) is 17.5. The number of benzene rings is 1. The normalized spacial score (nSPS) is 13.7. The van der Waals surface area contributed by atoms with Gasteiger partial charge in [-0.15, -0.1) is 0 Å². The van der Waals surface area contributed by atoms with Crippen molar-refractivity contribution in [2.24, 2.45) is 5.14 Å². The summed E-state index contributed by atoms with van der Waals surface area (Å²) < 4.78 is 28.3. The fourth-order valence-electron chi connectivity index (χ4n) is 2.75. The zero-order valence-electron chi connectivity index (χ0n) is 13.3. The third-order valence-corrected chi connectivity index (χ3v) is 4.87. The van der Waals surface area contributed by atoms with Crippen LogP contribution in [0, 0.1) is 6.92 Å². The Morgan fingerprint density at radius 2 is 1.96 bits per heavy atom. The molecule has 1 aliphatic rings. The van der Waals surface area contributed by atoms with E-state index in [2.05, 4.69) is 4.98 Å². The van der Waals surface area contributed by atoms with E-state index < -0.39 is 10.0 Å². The van der Waals surface area contributed by atoms with Crippen molar-refractivity contribution < 1.29 is 17.9 Å². The number of fused-ring (bicyclic) bond motifs is 1. The number of sulfonamides is 1. The van der Waals surface area contributed by atoms with Crippen molar-refractivity contribution in [3.8, 4) is 5.75 Å². The lowest BCUT2D eigenvalue weighted by atomic mass is 10.1. The minimum absolute atomic E-state index is 0.124. The second-order valence-electron chi connectivity index (χ2n) is 5.66. The molecule has 0 aliphatic carbocycles. The second-order valence-corrected chi connectivity index (χ2v) is 7.22. The topological polar surface area (TPSA) is 103 Å². The first-order valence-electron chi connectivity index (χ1n) is 7.24. The maximum atomic E-state index is 12.8. The molecule has 1 aromatic heterocycles. The SMILES string of the molecule is COc1ccc(S(N)(=O)=O)cc1C(=O)N1Cc2cnc(C)cc2C1. The molecule has 7 nitrogen and oxygen atoms in total. The van der Waals surface area contributed by atoms with Crippen LogP contribution in [0.1, 0.15) is 27.2 Å². The summed E-state index contributed by atoms with van der Waals surface area (Å²) in [6.45, 7) is 2.76. The summed E-state index contributed by atoms with van der Waals surface area (Å²) in [6, 6.07) is 5.95. The van der Waals surface area contributed by atoms with Gasteiger partial charge in [0.25, 0.3) is 5.91 Å². The fourth-order valence-corrected chi connectivity index (χ4v) is 3.29. The molecule has 1 aromatic carbocycles. The van der Waals surface area contributed by atoms with Gasteiger partial charge in [0.1, 0.15) is 5.75 Å². The van der Waals surface area contributed by atoms with E-state index in [9.17, 15) is 13.2 Å². The van der Waals surface area contributed by atoms with Crippen molar-refractivity contribution >= 4 is 15.9 Å². The van der Waals surface area contributed by atoms with Crippen LogP contribution in [0.15, 0.2) is 35.4 Å². The molecule has 0 saturated carbocycles. The van der Waals surface area contributed by atoms with Gasteiger partial charge in [-0.1, -0.05) is 0 Å². The number of hydrogen-bond acceptors (Lipinski definition) is 5. The molecule has 24 heavy (non-hydrogen) atoms. The van der Waals surface area contributed by atoms with Crippen molar-refractivity contribution in [1.29, 1.82) is 0 Å². The number of amides is 1. The molecule has 1 amide bonds. The number of carbonyl (C=O) groups excluding carboxylic acids is 1. The first-order valence-corrected chi connectivity index (χ1v) is 8.79. The van der Waals surface area contributed by atoms with Crippen molar-refractivity contribution in [3.63, 3.8) is 0 Å². The Bertz CT molecular complexity index is 925. The van der Waals surface area contributed by atoms with Crippen LogP contribution in [0.4, 0.5) is 0 Å². The molecule has 0 spiro atoms. The van der Waals surface area contributed by atoms with Gasteiger partial charge in [0, 0.05) is 25.0 Å². The molecule has 0 fully saturated rings. The van der Waals surface area contributed by atoms with Crippen molar-refractivity contribution in [2.45, 2.75) is 24.9 Å². The van der Waals surface area contributed by atoms with Gasteiger partial charge < -0.3 is 9.64 Å². The maximum absolute atomic E-state index is 12.8. The summed E-state index contributed by atoms with van der Waals surface area (Å²) in [5, 5.41) is 5.15. The van der Waals surface area contributed by atoms with Crippen LogP contribution in [0.2, 0.25) is 0 Å². The van der Waals surface area contributed by atoms with E-state index in [-0.39, 0.29) is 16.4 Å². The predicted octanol–water partition coefficient (Wildman–Crippen LogP) is 1.20. The molecule has 0 radical (unpaired) electrons. The first kappa shape index (κ1) is 16.4. The number of carbonyl (C=O) groups is 1. The van der Waals surface area contributed by atoms with Gasteiger partial charge in [-0.25, -0.2) is 13.6 Å². The third kappa shape index (κ3) is 2.98. The lowest BCUT2D eigenvalue weighted by Gasteiger charge is -2.17. The minimum atomic E-state index is -3.90. The smallest absolute Gasteiger partial charge is 0.258 e. The Labute approximate surface area is 140 Å². The molecule has 0 saturated heterocycles. The summed E-state index contributed by atoms with van der Waals surface area (Å²) >= 11 is 0. The standard InChI is InChI=1S/C16H17N3O4S/c1-10-5-11-8-19(9-12(11)7-18-10)16(20)14-6-13(24(17,21)22)3-4-15(14)23-2/h3-7H,8-9H2,1-2H3,(H2,17,21,22). The summed E-state index contributed by atoms with van der Waals surface area (Å²) in [6.07, 6.45) is 1.76. The zero-order valence-corrected chi connectivity index (χ0v) is 14.1. The molecule has 8 heteroatoms. The lowest BCUT2D eigenvalue weighted by molar-refractivity contribution is 0.0747. The van der Waals surface area contributed by atoms with Crippen LogP contribution in [-0.2, 0) is 23.1 Å². The van der Waals surface area contributed by atoms with Crippen molar-refractivity contribution in [1.82, 2.24) is 9.88 Å². The quantitative estimate of drug-likeness (QED) is 0.899. The van der Waals surface area contributed by atoms with Crippen LogP contribution >= 0.6 is 0 Å². The van der Waals surface area contributed by atoms with Crippen molar-refractivity contribution in [3.05, 3.63) is 52.8 Å². The molecular formula is C16H17N3O4S. The molecular weight excluding hydrogens is 330 g/mol. The molecule has 126 valence electrons. The molecule has 2 heterocycles. The Morgan fingerprint density at radius 3 is 2.62 bits per heavy atom. The van der Waals surface area contributed by atoms with E-state index in [0.717, 1.165) is 16.8 Å². The van der Waals surface area contributed by atoms with Gasteiger partial charge in [-0.2, -0.15) is 0 Å². The number of aryl methyl sites for hydroxylation is 1. The number of methoxy groups -OCH3 is 1. The number of aromatic nitrogens is 1. The first-order chi connectivity index (χ1) is 11.3. The number of nitrogens with zero attached hydrogens (tertiary/aromatic N) is 2. The van der Waals surface area contributed by atoms with Gasteiger partial charge in [0.15, 0.2) is 0 Å². The molecule has 2 N–H and O–H groups in total. The summed E-state index contributed by atoms with van der Waals surface area (Å²) in [7, 11) is -2.48. The molecule has 0 bridgehead atoms. The Kier molecular flexibility index (Phi) is 4.02. The molecule has 0 atom stereocenters. The van der Waals surface area contributed by atoms with E-state index in [1.807, 2.05) is 13.0 Å². The second kappa shape index (κ2) is 5.88. The largest absolute Gasteiger partial charge is 0.496 e. The van der Waals surface area contributed by atoms with Crippen LogP contribution in [-0.4, -0.2) is 31.3 Å².